The van der Waals surface area contributed by atoms with Crippen molar-refractivity contribution in [2.24, 2.45) is 5.92 Å². The highest BCUT2D eigenvalue weighted by Gasteiger charge is 2.29. The first-order valence-corrected chi connectivity index (χ1v) is 11.2. The smallest absolute Gasteiger partial charge is 0.411 e. The Morgan fingerprint density at radius 1 is 0.971 bits per heavy atom. The number of carbonyl (C=O) groups is 3. The van der Waals surface area contributed by atoms with Crippen LogP contribution in [0, 0.1) is 11.7 Å². The van der Waals surface area contributed by atoms with Gasteiger partial charge in [-0.25, -0.2) is 14.0 Å². The molecule has 0 aliphatic heterocycles. The minimum Gasteiger partial charge on any atom is -0.480 e. The van der Waals surface area contributed by atoms with Crippen LogP contribution < -0.4 is 10.6 Å². The molecule has 0 unspecified atom stereocenters. The van der Waals surface area contributed by atoms with E-state index in [1.807, 2.05) is 48.5 Å². The van der Waals surface area contributed by atoms with Crippen LogP contribution in [0.4, 0.5) is 14.9 Å². The summed E-state index contributed by atoms with van der Waals surface area (Å²) in [6, 6.07) is 17.9. The molecule has 4 rings (SSSR count). The zero-order chi connectivity index (χ0) is 25.1. The normalized spacial score (nSPS) is 13.0. The van der Waals surface area contributed by atoms with Crippen LogP contribution in [-0.4, -0.2) is 35.7 Å². The lowest BCUT2D eigenvalue weighted by Gasteiger charge is -2.19. The second-order valence-electron chi connectivity index (χ2n) is 8.67. The molecule has 1 aliphatic rings. The van der Waals surface area contributed by atoms with E-state index >= 15 is 0 Å². The molecular formula is C27H25FN2O5. The molecule has 7 nitrogen and oxygen atoms in total. The summed E-state index contributed by atoms with van der Waals surface area (Å²) in [4.78, 5) is 36.8. The fraction of sp³-hybridized carbons (Fsp3) is 0.222. The van der Waals surface area contributed by atoms with Crippen molar-refractivity contribution in [3.8, 4) is 11.1 Å². The molecule has 8 heteroatoms. The summed E-state index contributed by atoms with van der Waals surface area (Å²) in [6.45, 7) is 3.35. The van der Waals surface area contributed by atoms with Crippen molar-refractivity contribution in [2.75, 3.05) is 11.9 Å². The number of nitrogens with one attached hydrogen (secondary N) is 2. The standard InChI is InChI=1S/C27H25FN2O5/c1-15(2)24(26(32)33)30-25(31)21-13-16(28)11-12-23(21)29-27(34)35-14-22-19-9-5-3-7-17(19)18-8-4-6-10-20(18)22/h3-13,15,22,24H,14H2,1-2H3,(H,29,34)(H,30,31)(H,32,33)/t24-/m1/s1. The molecule has 3 N–H and O–H groups in total. The number of ether oxygens (including phenoxy) is 1. The van der Waals surface area contributed by atoms with E-state index in [4.69, 9.17) is 4.74 Å². The van der Waals surface area contributed by atoms with Gasteiger partial charge < -0.3 is 15.2 Å². The quantitative estimate of drug-likeness (QED) is 0.444. The molecule has 1 aliphatic carbocycles. The van der Waals surface area contributed by atoms with Gasteiger partial charge in [-0.05, 0) is 46.4 Å². The van der Waals surface area contributed by atoms with Crippen LogP contribution in [0.1, 0.15) is 41.3 Å². The minimum atomic E-state index is -1.21. The predicted octanol–water partition coefficient (Wildman–Crippen LogP) is 5.03. The van der Waals surface area contributed by atoms with Gasteiger partial charge in [0.2, 0.25) is 0 Å². The number of rotatable bonds is 7. The van der Waals surface area contributed by atoms with Gasteiger partial charge in [0, 0.05) is 5.92 Å². The number of aliphatic carboxylic acids is 1. The first kappa shape index (κ1) is 23.9. The first-order valence-electron chi connectivity index (χ1n) is 11.2. The highest BCUT2D eigenvalue weighted by atomic mass is 19.1. The molecule has 0 bridgehead atoms. The van der Waals surface area contributed by atoms with Gasteiger partial charge in [0.15, 0.2) is 0 Å². The monoisotopic (exact) mass is 476 g/mol. The van der Waals surface area contributed by atoms with E-state index in [1.165, 1.54) is 6.07 Å². The second-order valence-corrected chi connectivity index (χ2v) is 8.67. The summed E-state index contributed by atoms with van der Waals surface area (Å²) in [5, 5.41) is 14.2. The van der Waals surface area contributed by atoms with Crippen molar-refractivity contribution in [3.63, 3.8) is 0 Å². The number of carboxylic acid groups (broad SMARTS) is 1. The number of amides is 2. The molecule has 180 valence electrons. The van der Waals surface area contributed by atoms with Gasteiger partial charge in [-0.2, -0.15) is 0 Å². The number of carbonyl (C=O) groups excluding carboxylic acids is 2. The zero-order valence-electron chi connectivity index (χ0n) is 19.2. The largest absolute Gasteiger partial charge is 0.480 e. The highest BCUT2D eigenvalue weighted by Crippen LogP contribution is 2.44. The zero-order valence-corrected chi connectivity index (χ0v) is 19.2. The third kappa shape index (κ3) is 5.01. The molecule has 0 aromatic heterocycles. The topological polar surface area (TPSA) is 105 Å². The molecule has 35 heavy (non-hydrogen) atoms. The Morgan fingerprint density at radius 2 is 1.57 bits per heavy atom. The van der Waals surface area contributed by atoms with Gasteiger partial charge in [-0.1, -0.05) is 62.4 Å². The average Bonchev–Trinajstić information content (AvgIpc) is 3.15. The Labute approximate surface area is 201 Å². The number of hydrogen-bond donors (Lipinski definition) is 3. The van der Waals surface area contributed by atoms with Gasteiger partial charge in [0.25, 0.3) is 5.91 Å². The van der Waals surface area contributed by atoms with Crippen LogP contribution in [-0.2, 0) is 9.53 Å². The van der Waals surface area contributed by atoms with Crippen LogP contribution >= 0.6 is 0 Å². The molecule has 0 heterocycles. The maximum Gasteiger partial charge on any atom is 0.411 e. The van der Waals surface area contributed by atoms with Crippen molar-refractivity contribution in [1.29, 1.82) is 0 Å². The number of benzene rings is 3. The number of carboxylic acids is 1. The van der Waals surface area contributed by atoms with Crippen LogP contribution in [0.3, 0.4) is 0 Å². The average molecular weight is 477 g/mol. The van der Waals surface area contributed by atoms with Gasteiger partial charge in [-0.3, -0.25) is 10.1 Å². The number of hydrogen-bond acceptors (Lipinski definition) is 4. The fourth-order valence-corrected chi connectivity index (χ4v) is 4.29. The summed E-state index contributed by atoms with van der Waals surface area (Å²) >= 11 is 0. The van der Waals surface area contributed by atoms with E-state index in [-0.39, 0.29) is 23.8 Å². The molecule has 0 fully saturated rings. The van der Waals surface area contributed by atoms with Crippen LogP contribution in [0.5, 0.6) is 0 Å². The predicted molar refractivity (Wildman–Crippen MR) is 129 cm³/mol. The van der Waals surface area contributed by atoms with Gasteiger partial charge >= 0.3 is 12.1 Å². The Morgan fingerprint density at radius 3 is 2.14 bits per heavy atom. The molecule has 3 aromatic rings. The summed E-state index contributed by atoms with van der Waals surface area (Å²) in [7, 11) is 0. The van der Waals surface area contributed by atoms with E-state index in [0.29, 0.717) is 0 Å². The minimum absolute atomic E-state index is 0.00835. The van der Waals surface area contributed by atoms with Crippen LogP contribution in [0.2, 0.25) is 0 Å². The lowest BCUT2D eigenvalue weighted by atomic mass is 9.98. The van der Waals surface area contributed by atoms with Crippen LogP contribution in [0.15, 0.2) is 66.7 Å². The summed E-state index contributed by atoms with van der Waals surface area (Å²) < 4.78 is 19.4. The lowest BCUT2D eigenvalue weighted by Crippen LogP contribution is -2.44. The van der Waals surface area contributed by atoms with Gasteiger partial charge in [0.05, 0.1) is 11.3 Å². The first-order chi connectivity index (χ1) is 16.8. The Kier molecular flexibility index (Phi) is 6.82. The number of anilines is 1. The van der Waals surface area contributed by atoms with E-state index in [0.717, 1.165) is 34.4 Å². The maximum absolute atomic E-state index is 13.9. The highest BCUT2D eigenvalue weighted by molar-refractivity contribution is 6.04. The summed E-state index contributed by atoms with van der Waals surface area (Å²) in [5.74, 6) is -3.28. The SMILES string of the molecule is CC(C)[C@@H](NC(=O)c1cc(F)ccc1NC(=O)OCC1c2ccccc2-c2ccccc21)C(=O)O. The third-order valence-corrected chi connectivity index (χ3v) is 6.03. The molecule has 0 spiro atoms. The molecular weight excluding hydrogens is 451 g/mol. The fourth-order valence-electron chi connectivity index (χ4n) is 4.29. The number of halogens is 1. The van der Waals surface area contributed by atoms with Crippen molar-refractivity contribution in [1.82, 2.24) is 5.32 Å². The third-order valence-electron chi connectivity index (χ3n) is 6.03. The van der Waals surface area contributed by atoms with Crippen molar-refractivity contribution in [2.45, 2.75) is 25.8 Å². The summed E-state index contributed by atoms with van der Waals surface area (Å²) in [6.07, 6.45) is -0.814. The molecule has 0 saturated carbocycles. The van der Waals surface area contributed by atoms with Crippen LogP contribution in [0.25, 0.3) is 11.1 Å². The summed E-state index contributed by atoms with van der Waals surface area (Å²) in [5.41, 5.74) is 4.09. The van der Waals surface area contributed by atoms with E-state index in [9.17, 15) is 23.9 Å². The maximum atomic E-state index is 13.9. The second kappa shape index (κ2) is 9.97. The van der Waals surface area contributed by atoms with Crippen molar-refractivity contribution < 1.29 is 28.6 Å². The van der Waals surface area contributed by atoms with Gasteiger partial charge in [0.1, 0.15) is 18.5 Å². The number of fused-ring (bicyclic) bond motifs is 3. The molecule has 0 radical (unpaired) electrons. The Balaban J connectivity index is 1.49. The molecule has 2 amide bonds. The Bertz CT molecular complexity index is 1240. The Hall–Kier alpha value is -4.20. The molecule has 1 atom stereocenters. The molecule has 0 saturated heterocycles. The lowest BCUT2D eigenvalue weighted by molar-refractivity contribution is -0.140. The van der Waals surface area contributed by atoms with E-state index in [2.05, 4.69) is 10.6 Å². The van der Waals surface area contributed by atoms with E-state index in [1.54, 1.807) is 13.8 Å². The van der Waals surface area contributed by atoms with Gasteiger partial charge in [-0.15, -0.1) is 0 Å². The van der Waals surface area contributed by atoms with Crippen molar-refractivity contribution >= 4 is 23.7 Å². The molecule has 3 aromatic carbocycles. The van der Waals surface area contributed by atoms with Crippen molar-refractivity contribution in [3.05, 3.63) is 89.2 Å². The van der Waals surface area contributed by atoms with E-state index < -0.39 is 35.7 Å².